The molecule has 1 saturated heterocycles. The molecule has 16 heavy (non-hydrogen) atoms. The summed E-state index contributed by atoms with van der Waals surface area (Å²) in [5.41, 5.74) is 0.579. The standard InChI is InChI=1S/C11H16ClN3O/c1-13-5-8-2-3-15(7-8)11(16)10-4-9(12)6-14-10/h4,6,8,13-14H,2-3,5,7H2,1H3. The van der Waals surface area contributed by atoms with Gasteiger partial charge in [-0.3, -0.25) is 4.79 Å². The number of likely N-dealkylation sites (tertiary alicyclic amines) is 1. The lowest BCUT2D eigenvalue weighted by Crippen LogP contribution is -2.30. The van der Waals surface area contributed by atoms with Gasteiger partial charge in [0.15, 0.2) is 0 Å². The van der Waals surface area contributed by atoms with Crippen LogP contribution in [0.1, 0.15) is 16.9 Å². The minimum atomic E-state index is 0.0468. The Morgan fingerprint density at radius 2 is 2.56 bits per heavy atom. The van der Waals surface area contributed by atoms with Crippen molar-refractivity contribution in [1.29, 1.82) is 0 Å². The second-order valence-corrected chi connectivity index (χ2v) is 4.63. The molecule has 0 bridgehead atoms. The monoisotopic (exact) mass is 241 g/mol. The number of nitrogens with zero attached hydrogens (tertiary/aromatic N) is 1. The van der Waals surface area contributed by atoms with Crippen molar-refractivity contribution in [2.75, 3.05) is 26.7 Å². The third kappa shape index (κ3) is 2.39. The summed E-state index contributed by atoms with van der Waals surface area (Å²) >= 11 is 5.78. The van der Waals surface area contributed by atoms with Crippen LogP contribution in [-0.2, 0) is 0 Å². The van der Waals surface area contributed by atoms with Crippen LogP contribution in [0.4, 0.5) is 0 Å². The Labute approximate surface area is 100.0 Å². The molecule has 1 aromatic rings. The number of aromatic amines is 1. The lowest BCUT2D eigenvalue weighted by atomic mass is 10.1. The normalized spacial score (nSPS) is 20.4. The van der Waals surface area contributed by atoms with Gasteiger partial charge in [-0.05, 0) is 32.0 Å². The van der Waals surface area contributed by atoms with Crippen LogP contribution in [-0.4, -0.2) is 42.5 Å². The van der Waals surface area contributed by atoms with E-state index in [4.69, 9.17) is 11.6 Å². The van der Waals surface area contributed by atoms with E-state index in [1.807, 2.05) is 11.9 Å². The van der Waals surface area contributed by atoms with E-state index in [1.165, 1.54) is 0 Å². The third-order valence-electron chi connectivity index (χ3n) is 2.94. The van der Waals surface area contributed by atoms with Gasteiger partial charge >= 0.3 is 0 Å². The molecule has 88 valence electrons. The van der Waals surface area contributed by atoms with E-state index in [2.05, 4.69) is 10.3 Å². The Morgan fingerprint density at radius 1 is 1.75 bits per heavy atom. The van der Waals surface area contributed by atoms with Gasteiger partial charge in [0, 0.05) is 19.3 Å². The van der Waals surface area contributed by atoms with Crippen LogP contribution in [0.25, 0.3) is 0 Å². The molecular weight excluding hydrogens is 226 g/mol. The zero-order valence-corrected chi connectivity index (χ0v) is 10.0. The number of H-pyrrole nitrogens is 1. The fraction of sp³-hybridized carbons (Fsp3) is 0.545. The van der Waals surface area contributed by atoms with Gasteiger partial charge in [-0.15, -0.1) is 0 Å². The predicted octanol–water partition coefficient (Wildman–Crippen LogP) is 1.35. The molecule has 1 aliphatic heterocycles. The van der Waals surface area contributed by atoms with Crippen molar-refractivity contribution in [3.8, 4) is 0 Å². The molecule has 1 aromatic heterocycles. The summed E-state index contributed by atoms with van der Waals surface area (Å²) in [5, 5.41) is 3.72. The van der Waals surface area contributed by atoms with Gasteiger partial charge in [0.2, 0.25) is 0 Å². The molecule has 1 unspecified atom stereocenters. The van der Waals surface area contributed by atoms with E-state index in [-0.39, 0.29) is 5.91 Å². The van der Waals surface area contributed by atoms with Crippen LogP contribution >= 0.6 is 11.6 Å². The lowest BCUT2D eigenvalue weighted by molar-refractivity contribution is 0.0782. The summed E-state index contributed by atoms with van der Waals surface area (Å²) in [6.07, 6.45) is 2.71. The van der Waals surface area contributed by atoms with Crippen molar-refractivity contribution >= 4 is 17.5 Å². The highest BCUT2D eigenvalue weighted by Gasteiger charge is 2.26. The second-order valence-electron chi connectivity index (χ2n) is 4.20. The van der Waals surface area contributed by atoms with Crippen LogP contribution in [0.15, 0.2) is 12.3 Å². The SMILES string of the molecule is CNCC1CCN(C(=O)c2cc(Cl)c[nH]2)C1. The lowest BCUT2D eigenvalue weighted by Gasteiger charge is -2.15. The van der Waals surface area contributed by atoms with Gasteiger partial charge in [-0.2, -0.15) is 0 Å². The van der Waals surface area contributed by atoms with Crippen molar-refractivity contribution in [1.82, 2.24) is 15.2 Å². The Hall–Kier alpha value is -1.00. The number of aromatic nitrogens is 1. The maximum absolute atomic E-state index is 12.0. The zero-order valence-electron chi connectivity index (χ0n) is 9.29. The molecule has 1 fully saturated rings. The highest BCUT2D eigenvalue weighted by atomic mass is 35.5. The third-order valence-corrected chi connectivity index (χ3v) is 3.16. The molecule has 1 atom stereocenters. The van der Waals surface area contributed by atoms with Crippen LogP contribution in [0.3, 0.4) is 0 Å². The van der Waals surface area contributed by atoms with E-state index < -0.39 is 0 Å². The molecule has 0 aromatic carbocycles. The molecule has 2 heterocycles. The number of carbonyl (C=O) groups excluding carboxylic acids is 1. The summed E-state index contributed by atoms with van der Waals surface area (Å²) in [6.45, 7) is 2.63. The summed E-state index contributed by atoms with van der Waals surface area (Å²) < 4.78 is 0. The Balaban J connectivity index is 1.97. The van der Waals surface area contributed by atoms with Gasteiger partial charge in [0.1, 0.15) is 5.69 Å². The van der Waals surface area contributed by atoms with E-state index in [0.29, 0.717) is 16.6 Å². The number of amides is 1. The molecule has 5 heteroatoms. The fourth-order valence-electron chi connectivity index (χ4n) is 2.13. The van der Waals surface area contributed by atoms with Gasteiger partial charge in [-0.1, -0.05) is 11.6 Å². The van der Waals surface area contributed by atoms with E-state index >= 15 is 0 Å². The maximum atomic E-state index is 12.0. The largest absolute Gasteiger partial charge is 0.356 e. The molecule has 0 saturated carbocycles. The summed E-state index contributed by atoms with van der Waals surface area (Å²) in [4.78, 5) is 16.8. The number of carbonyl (C=O) groups is 1. The van der Waals surface area contributed by atoms with Crippen molar-refractivity contribution in [2.45, 2.75) is 6.42 Å². The quantitative estimate of drug-likeness (QED) is 0.839. The molecule has 2 rings (SSSR count). The molecule has 1 amide bonds. The molecule has 4 nitrogen and oxygen atoms in total. The zero-order chi connectivity index (χ0) is 11.5. The van der Waals surface area contributed by atoms with Crippen molar-refractivity contribution in [3.63, 3.8) is 0 Å². The smallest absolute Gasteiger partial charge is 0.270 e. The van der Waals surface area contributed by atoms with Crippen LogP contribution in [0.5, 0.6) is 0 Å². The molecule has 2 N–H and O–H groups in total. The average molecular weight is 242 g/mol. The minimum Gasteiger partial charge on any atom is -0.356 e. The predicted molar refractivity (Wildman–Crippen MR) is 63.7 cm³/mol. The van der Waals surface area contributed by atoms with Gasteiger partial charge in [-0.25, -0.2) is 0 Å². The first-order valence-electron chi connectivity index (χ1n) is 5.48. The minimum absolute atomic E-state index is 0.0468. The van der Waals surface area contributed by atoms with E-state index in [9.17, 15) is 4.79 Å². The number of halogens is 1. The Bertz CT molecular complexity index is 377. The Morgan fingerprint density at radius 3 is 3.19 bits per heavy atom. The average Bonchev–Trinajstić information content (AvgIpc) is 2.87. The van der Waals surface area contributed by atoms with Gasteiger partial charge in [0.25, 0.3) is 5.91 Å². The van der Waals surface area contributed by atoms with Crippen LogP contribution in [0, 0.1) is 5.92 Å². The molecule has 1 aliphatic rings. The fourth-order valence-corrected chi connectivity index (χ4v) is 2.30. The van der Waals surface area contributed by atoms with Crippen LogP contribution < -0.4 is 5.32 Å². The van der Waals surface area contributed by atoms with Crippen molar-refractivity contribution in [2.24, 2.45) is 5.92 Å². The number of rotatable bonds is 3. The highest BCUT2D eigenvalue weighted by Crippen LogP contribution is 2.19. The number of hydrogen-bond donors (Lipinski definition) is 2. The summed E-state index contributed by atoms with van der Waals surface area (Å²) in [5.74, 6) is 0.616. The summed E-state index contributed by atoms with van der Waals surface area (Å²) in [7, 11) is 1.94. The topological polar surface area (TPSA) is 48.1 Å². The second kappa shape index (κ2) is 4.89. The summed E-state index contributed by atoms with van der Waals surface area (Å²) in [6, 6.07) is 1.68. The van der Waals surface area contributed by atoms with Gasteiger partial charge < -0.3 is 15.2 Å². The number of nitrogens with one attached hydrogen (secondary N) is 2. The molecule has 0 radical (unpaired) electrons. The first kappa shape index (κ1) is 11.5. The van der Waals surface area contributed by atoms with Crippen molar-refractivity contribution < 1.29 is 4.79 Å². The van der Waals surface area contributed by atoms with Crippen LogP contribution in [0.2, 0.25) is 5.02 Å². The van der Waals surface area contributed by atoms with Gasteiger partial charge in [0.05, 0.1) is 5.02 Å². The first-order valence-corrected chi connectivity index (χ1v) is 5.86. The maximum Gasteiger partial charge on any atom is 0.270 e. The molecular formula is C11H16ClN3O. The highest BCUT2D eigenvalue weighted by molar-refractivity contribution is 6.30. The first-order chi connectivity index (χ1) is 7.70. The number of hydrogen-bond acceptors (Lipinski definition) is 2. The molecule has 0 aliphatic carbocycles. The van der Waals surface area contributed by atoms with E-state index in [0.717, 1.165) is 26.1 Å². The van der Waals surface area contributed by atoms with E-state index in [1.54, 1.807) is 12.3 Å². The molecule has 0 spiro atoms. The Kier molecular flexibility index (Phi) is 3.51. The van der Waals surface area contributed by atoms with Crippen molar-refractivity contribution in [3.05, 3.63) is 23.0 Å².